The fraction of sp³-hybridized carbons (Fsp3) is 0.500. The highest BCUT2D eigenvalue weighted by Gasteiger charge is 2.34. The molecule has 1 aliphatic heterocycles. The van der Waals surface area contributed by atoms with Crippen molar-refractivity contribution in [3.05, 3.63) is 81.5 Å². The van der Waals surface area contributed by atoms with E-state index in [1.807, 2.05) is 11.9 Å². The maximum absolute atomic E-state index is 13.4. The first-order valence-corrected chi connectivity index (χ1v) is 18.4. The number of ether oxygens (including phenoxy) is 1. The van der Waals surface area contributed by atoms with Crippen LogP contribution in [-0.4, -0.2) is 53.9 Å². The molecule has 1 saturated heterocycles. The molecule has 0 radical (unpaired) electrons. The highest BCUT2D eigenvalue weighted by atomic mass is 35.5. The van der Waals surface area contributed by atoms with Crippen molar-refractivity contribution < 1.29 is 19.4 Å². The van der Waals surface area contributed by atoms with Gasteiger partial charge < -0.3 is 29.6 Å². The first-order chi connectivity index (χ1) is 23.8. The molecular formula is C40H54ClN3O5. The molecule has 2 atom stereocenters. The van der Waals surface area contributed by atoms with E-state index >= 15 is 0 Å². The van der Waals surface area contributed by atoms with Gasteiger partial charge in [0.05, 0.1) is 11.1 Å². The summed E-state index contributed by atoms with van der Waals surface area (Å²) in [5, 5.41) is 34.1. The summed E-state index contributed by atoms with van der Waals surface area (Å²) in [6.07, 6.45) is 22.9. The fourth-order valence-corrected chi connectivity index (χ4v) is 6.66. The van der Waals surface area contributed by atoms with E-state index in [2.05, 4.69) is 36.5 Å². The third kappa shape index (κ3) is 11.5. The second-order valence-corrected chi connectivity index (χ2v) is 13.5. The summed E-state index contributed by atoms with van der Waals surface area (Å²) in [5.41, 5.74) is 0.685. The largest absolute Gasteiger partial charge is 0.507 e. The number of benzene rings is 2. The van der Waals surface area contributed by atoms with E-state index in [0.717, 1.165) is 32.1 Å². The van der Waals surface area contributed by atoms with Crippen LogP contribution in [-0.2, 0) is 0 Å². The van der Waals surface area contributed by atoms with Crippen LogP contribution in [0.5, 0.6) is 11.5 Å². The molecule has 0 saturated carbocycles. The summed E-state index contributed by atoms with van der Waals surface area (Å²) >= 11 is 6.44. The molecule has 4 N–H and O–H groups in total. The number of aliphatic hydroxyl groups is 1. The minimum absolute atomic E-state index is 0.00474. The van der Waals surface area contributed by atoms with Crippen LogP contribution in [0, 0.1) is 5.41 Å². The van der Waals surface area contributed by atoms with Crippen molar-refractivity contribution in [1.82, 2.24) is 10.2 Å². The van der Waals surface area contributed by atoms with Crippen LogP contribution in [0.1, 0.15) is 102 Å². The molecule has 8 nitrogen and oxygen atoms in total. The Morgan fingerprint density at radius 1 is 1.04 bits per heavy atom. The Hall–Kier alpha value is -3.59. The fourth-order valence-electron chi connectivity index (χ4n) is 6.43. The number of phenolic OH excluding ortho intramolecular Hbond substituents is 1. The normalized spacial score (nSPS) is 17.0. The van der Waals surface area contributed by atoms with Gasteiger partial charge in [-0.05, 0) is 70.7 Å². The second-order valence-electron chi connectivity index (χ2n) is 13.1. The van der Waals surface area contributed by atoms with Crippen molar-refractivity contribution in [3.8, 4) is 22.8 Å². The molecule has 1 unspecified atom stereocenters. The first kappa shape index (κ1) is 38.2. The SMILES string of the molecule is CCCCC/C=C\C/C=C\CCCCCCCCNC(=N)Oc1cc(O)c2c(=O)cc(-c3ccccc3Cl)oc2c1C1CCN(C)C[C@@H]1O. The lowest BCUT2D eigenvalue weighted by Crippen LogP contribution is -2.40. The molecule has 3 aromatic rings. The summed E-state index contributed by atoms with van der Waals surface area (Å²) in [6.45, 7) is 3.94. The number of unbranched alkanes of at least 4 members (excludes halogenated alkanes) is 9. The number of amidine groups is 1. The van der Waals surface area contributed by atoms with Crippen LogP contribution in [0.2, 0.25) is 5.02 Å². The minimum atomic E-state index is -0.775. The second kappa shape index (κ2) is 20.2. The number of aliphatic hydroxyl groups excluding tert-OH is 1. The molecule has 4 rings (SSSR count). The van der Waals surface area contributed by atoms with Gasteiger partial charge in [0.1, 0.15) is 28.2 Å². The zero-order valence-corrected chi connectivity index (χ0v) is 29.9. The molecule has 49 heavy (non-hydrogen) atoms. The molecule has 0 amide bonds. The van der Waals surface area contributed by atoms with Crippen molar-refractivity contribution in [3.63, 3.8) is 0 Å². The lowest BCUT2D eigenvalue weighted by molar-refractivity contribution is 0.0633. The number of hydrogen-bond donors (Lipinski definition) is 4. The van der Waals surface area contributed by atoms with E-state index in [1.54, 1.807) is 24.3 Å². The minimum Gasteiger partial charge on any atom is -0.507 e. The highest BCUT2D eigenvalue weighted by molar-refractivity contribution is 6.33. The Balaban J connectivity index is 1.32. The molecule has 0 aliphatic carbocycles. The van der Waals surface area contributed by atoms with Gasteiger partial charge in [-0.1, -0.05) is 93.5 Å². The van der Waals surface area contributed by atoms with Gasteiger partial charge in [-0.25, -0.2) is 0 Å². The molecular weight excluding hydrogens is 638 g/mol. The molecule has 1 aliphatic rings. The number of nitrogens with one attached hydrogen (secondary N) is 2. The van der Waals surface area contributed by atoms with E-state index in [0.29, 0.717) is 42.2 Å². The van der Waals surface area contributed by atoms with Gasteiger partial charge in [0.2, 0.25) is 0 Å². The molecule has 9 heteroatoms. The van der Waals surface area contributed by atoms with Gasteiger partial charge in [-0.2, -0.15) is 0 Å². The Bertz CT molecular complexity index is 1620. The Morgan fingerprint density at radius 2 is 1.73 bits per heavy atom. The lowest BCUT2D eigenvalue weighted by Gasteiger charge is -2.34. The van der Waals surface area contributed by atoms with Crippen LogP contribution in [0.4, 0.5) is 0 Å². The number of rotatable bonds is 18. The summed E-state index contributed by atoms with van der Waals surface area (Å²) in [6, 6.07) is 9.55. The predicted molar refractivity (Wildman–Crippen MR) is 201 cm³/mol. The van der Waals surface area contributed by atoms with Crippen molar-refractivity contribution in [2.75, 3.05) is 26.7 Å². The molecule has 2 aromatic carbocycles. The van der Waals surface area contributed by atoms with Crippen LogP contribution in [0.3, 0.4) is 0 Å². The molecule has 2 heterocycles. The molecule has 266 valence electrons. The number of β-amino-alcohol motifs (C(OH)–C–C–N with tert-alkyl or cyclic N) is 1. The van der Waals surface area contributed by atoms with Crippen molar-refractivity contribution in [1.29, 1.82) is 5.41 Å². The monoisotopic (exact) mass is 691 g/mol. The van der Waals surface area contributed by atoms with Crippen molar-refractivity contribution in [2.24, 2.45) is 0 Å². The van der Waals surface area contributed by atoms with Gasteiger partial charge in [-0.3, -0.25) is 10.2 Å². The summed E-state index contributed by atoms with van der Waals surface area (Å²) in [5.74, 6) is -0.338. The summed E-state index contributed by atoms with van der Waals surface area (Å²) < 4.78 is 12.3. The van der Waals surface area contributed by atoms with Crippen LogP contribution >= 0.6 is 11.6 Å². The Kier molecular flexibility index (Phi) is 15.7. The highest BCUT2D eigenvalue weighted by Crippen LogP contribution is 2.43. The van der Waals surface area contributed by atoms with E-state index in [1.165, 1.54) is 57.1 Å². The molecule has 1 fully saturated rings. The number of aromatic hydroxyl groups is 1. The number of nitrogens with zero attached hydrogens (tertiary/aromatic N) is 1. The zero-order valence-electron chi connectivity index (χ0n) is 29.2. The van der Waals surface area contributed by atoms with Gasteiger partial charge >= 0.3 is 0 Å². The average molecular weight is 692 g/mol. The molecule has 0 spiro atoms. The van der Waals surface area contributed by atoms with Crippen LogP contribution in [0.25, 0.3) is 22.3 Å². The van der Waals surface area contributed by atoms with E-state index in [4.69, 9.17) is 26.2 Å². The number of allylic oxidation sites excluding steroid dienone is 4. The smallest absolute Gasteiger partial charge is 0.287 e. The third-order valence-corrected chi connectivity index (χ3v) is 9.48. The zero-order chi connectivity index (χ0) is 35.0. The van der Waals surface area contributed by atoms with Gasteiger partial charge in [0.15, 0.2) is 5.43 Å². The summed E-state index contributed by atoms with van der Waals surface area (Å²) in [4.78, 5) is 15.4. The van der Waals surface area contributed by atoms with Crippen molar-refractivity contribution >= 4 is 28.6 Å². The van der Waals surface area contributed by atoms with Crippen LogP contribution < -0.4 is 15.5 Å². The van der Waals surface area contributed by atoms with Gasteiger partial charge in [-0.15, -0.1) is 0 Å². The number of likely N-dealkylation sites (N-methyl/N-ethyl adjacent to an activating group) is 1. The standard InChI is InChI=1S/C40H54ClN3O5/c1-3-4-5-6-7-8-9-10-11-12-13-14-15-16-17-20-24-43-40(42)49-36-27-33(46)38-32(45)26-35(29-21-18-19-22-31(29)41)48-39(38)37(36)30-23-25-44(2)28-34(30)47/h7-8,10-11,18-19,21-22,26-27,30,34,46-47H,3-6,9,12-17,20,23-25,28H2,1-2H3,(H2,42,43)/b8-7-,11-10-/t30?,34-/m0/s1. The van der Waals surface area contributed by atoms with Gasteiger partial charge in [0.25, 0.3) is 6.02 Å². The quantitative estimate of drug-likeness (QED) is 0.0454. The number of piperidine rings is 1. The maximum atomic E-state index is 13.4. The van der Waals surface area contributed by atoms with E-state index in [9.17, 15) is 15.0 Å². The Labute approximate surface area is 296 Å². The van der Waals surface area contributed by atoms with Gasteiger partial charge in [0, 0.05) is 42.3 Å². The predicted octanol–water partition coefficient (Wildman–Crippen LogP) is 9.32. The topological polar surface area (TPSA) is 119 Å². The first-order valence-electron chi connectivity index (χ1n) is 18.1. The number of halogens is 1. The van der Waals surface area contributed by atoms with Crippen molar-refractivity contribution in [2.45, 2.75) is 102 Å². The lowest BCUT2D eigenvalue weighted by atomic mass is 9.85. The third-order valence-electron chi connectivity index (χ3n) is 9.15. The molecule has 0 bridgehead atoms. The number of phenols is 1. The number of hydrogen-bond acceptors (Lipinski definition) is 7. The van der Waals surface area contributed by atoms with E-state index < -0.39 is 17.5 Å². The number of fused-ring (bicyclic) bond motifs is 1. The van der Waals surface area contributed by atoms with Crippen LogP contribution in [0.15, 0.2) is 69.9 Å². The summed E-state index contributed by atoms with van der Waals surface area (Å²) in [7, 11) is 1.94. The average Bonchev–Trinajstić information content (AvgIpc) is 3.07. The Morgan fingerprint density at radius 3 is 2.45 bits per heavy atom. The number of likely N-dealkylation sites (tertiary alicyclic amines) is 1. The van der Waals surface area contributed by atoms with E-state index in [-0.39, 0.29) is 34.3 Å². The maximum Gasteiger partial charge on any atom is 0.287 e. The molecule has 1 aromatic heterocycles.